The molecule has 2 N–H and O–H groups in total. The number of aliphatic hydroxyl groups is 1. The zero-order valence-electron chi connectivity index (χ0n) is 11.5. The second-order valence-corrected chi connectivity index (χ2v) is 5.93. The number of rotatable bonds is 3. The number of alkyl halides is 3. The molecule has 1 fully saturated rings. The molecule has 0 aromatic carbocycles. The van der Waals surface area contributed by atoms with E-state index in [1.807, 2.05) is 0 Å². The number of hydrogen-bond acceptors (Lipinski definition) is 2. The van der Waals surface area contributed by atoms with Crippen molar-refractivity contribution in [1.82, 2.24) is 5.32 Å². The average molecular weight is 281 g/mol. The Bertz CT molecular complexity index is 326. The van der Waals surface area contributed by atoms with E-state index in [1.54, 1.807) is 13.8 Å². The molecular weight excluding hydrogens is 259 g/mol. The maximum Gasteiger partial charge on any atom is 0.392 e. The standard InChI is InChI=1S/C13H22F3NO2/c1-8(18)12(2,3)17-11(19)9-6-4-5-7-10(9)13(14,15)16/h8-10,18H,4-7H2,1-3H3,(H,17,19). The maximum atomic E-state index is 12.9. The van der Waals surface area contributed by atoms with E-state index in [4.69, 9.17) is 0 Å². The van der Waals surface area contributed by atoms with Crippen LogP contribution in [0.2, 0.25) is 0 Å². The highest BCUT2D eigenvalue weighted by Gasteiger charge is 2.48. The predicted octanol–water partition coefficient (Wildman–Crippen LogP) is 2.63. The highest BCUT2D eigenvalue weighted by molar-refractivity contribution is 5.80. The molecule has 6 heteroatoms. The molecule has 0 spiro atoms. The van der Waals surface area contributed by atoms with Gasteiger partial charge in [0.1, 0.15) is 0 Å². The van der Waals surface area contributed by atoms with Crippen LogP contribution < -0.4 is 5.32 Å². The van der Waals surface area contributed by atoms with Gasteiger partial charge in [0.05, 0.1) is 17.6 Å². The van der Waals surface area contributed by atoms with Crippen LogP contribution in [0.25, 0.3) is 0 Å². The highest BCUT2D eigenvalue weighted by atomic mass is 19.4. The number of halogens is 3. The van der Waals surface area contributed by atoms with Crippen molar-refractivity contribution >= 4 is 5.91 Å². The molecule has 0 aromatic heterocycles. The van der Waals surface area contributed by atoms with Crippen molar-refractivity contribution in [1.29, 1.82) is 0 Å². The summed E-state index contributed by atoms with van der Waals surface area (Å²) in [6.45, 7) is 4.70. The van der Waals surface area contributed by atoms with Crippen LogP contribution in [-0.4, -0.2) is 28.8 Å². The minimum absolute atomic E-state index is 0.0106. The molecule has 3 atom stereocenters. The van der Waals surface area contributed by atoms with Crippen molar-refractivity contribution < 1.29 is 23.1 Å². The van der Waals surface area contributed by atoms with E-state index in [-0.39, 0.29) is 12.8 Å². The normalized spacial score (nSPS) is 26.9. The van der Waals surface area contributed by atoms with Gasteiger partial charge in [-0.2, -0.15) is 13.2 Å². The molecule has 0 heterocycles. The van der Waals surface area contributed by atoms with Gasteiger partial charge in [-0.1, -0.05) is 12.8 Å². The lowest BCUT2D eigenvalue weighted by Gasteiger charge is -2.36. The van der Waals surface area contributed by atoms with Crippen LogP contribution in [0.5, 0.6) is 0 Å². The van der Waals surface area contributed by atoms with Crippen LogP contribution >= 0.6 is 0 Å². The fraction of sp³-hybridized carbons (Fsp3) is 0.923. The summed E-state index contributed by atoms with van der Waals surface area (Å²) in [5, 5.41) is 12.1. The first kappa shape index (κ1) is 16.3. The second kappa shape index (κ2) is 5.69. The van der Waals surface area contributed by atoms with E-state index >= 15 is 0 Å². The SMILES string of the molecule is CC(O)C(C)(C)NC(=O)C1CCCCC1C(F)(F)F. The second-order valence-electron chi connectivity index (χ2n) is 5.93. The first-order valence-electron chi connectivity index (χ1n) is 6.62. The molecule has 1 aliphatic carbocycles. The van der Waals surface area contributed by atoms with E-state index in [0.717, 1.165) is 0 Å². The van der Waals surface area contributed by atoms with Gasteiger partial charge in [0.2, 0.25) is 5.91 Å². The summed E-state index contributed by atoms with van der Waals surface area (Å²) in [6.07, 6.45) is -3.75. The molecule has 0 aliphatic heterocycles. The lowest BCUT2D eigenvalue weighted by Crippen LogP contribution is -2.54. The minimum atomic E-state index is -4.34. The molecule has 0 bridgehead atoms. The van der Waals surface area contributed by atoms with Gasteiger partial charge in [-0.3, -0.25) is 4.79 Å². The number of amides is 1. The summed E-state index contributed by atoms with van der Waals surface area (Å²) in [5.74, 6) is -3.20. The molecule has 1 saturated carbocycles. The van der Waals surface area contributed by atoms with Gasteiger partial charge >= 0.3 is 6.18 Å². The Labute approximate surface area is 111 Å². The Kier molecular flexibility index (Phi) is 4.87. The third-order valence-corrected chi connectivity index (χ3v) is 4.01. The molecule has 1 rings (SSSR count). The van der Waals surface area contributed by atoms with E-state index in [0.29, 0.717) is 12.8 Å². The maximum absolute atomic E-state index is 12.9. The van der Waals surface area contributed by atoms with Crippen molar-refractivity contribution in [2.24, 2.45) is 11.8 Å². The fourth-order valence-corrected chi connectivity index (χ4v) is 2.35. The molecule has 1 aliphatic rings. The first-order chi connectivity index (χ1) is 8.55. The van der Waals surface area contributed by atoms with Gasteiger partial charge < -0.3 is 10.4 Å². The van der Waals surface area contributed by atoms with Crippen molar-refractivity contribution in [2.75, 3.05) is 0 Å². The zero-order chi connectivity index (χ0) is 14.8. The molecule has 0 aromatic rings. The third-order valence-electron chi connectivity index (χ3n) is 4.01. The lowest BCUT2D eigenvalue weighted by molar-refractivity contribution is -0.198. The lowest BCUT2D eigenvalue weighted by atomic mass is 9.77. The molecule has 0 radical (unpaired) electrons. The van der Waals surface area contributed by atoms with Crippen molar-refractivity contribution in [3.05, 3.63) is 0 Å². The smallest absolute Gasteiger partial charge is 0.391 e. The van der Waals surface area contributed by atoms with Crippen molar-refractivity contribution in [2.45, 2.75) is 64.3 Å². The monoisotopic (exact) mass is 281 g/mol. The Balaban J connectivity index is 2.79. The van der Waals surface area contributed by atoms with Crippen LogP contribution in [-0.2, 0) is 4.79 Å². The Morgan fingerprint density at radius 3 is 2.26 bits per heavy atom. The number of hydrogen-bond donors (Lipinski definition) is 2. The Morgan fingerprint density at radius 2 is 1.79 bits per heavy atom. The Hall–Kier alpha value is -0.780. The first-order valence-corrected chi connectivity index (χ1v) is 6.62. The van der Waals surface area contributed by atoms with E-state index in [2.05, 4.69) is 5.32 Å². The summed E-state index contributed by atoms with van der Waals surface area (Å²) in [5.41, 5.74) is -0.926. The van der Waals surface area contributed by atoms with E-state index < -0.39 is 35.6 Å². The van der Waals surface area contributed by atoms with E-state index in [9.17, 15) is 23.1 Å². The molecule has 0 saturated heterocycles. The number of carbonyl (C=O) groups is 1. The summed E-state index contributed by atoms with van der Waals surface area (Å²) in [6, 6.07) is 0. The molecule has 112 valence electrons. The largest absolute Gasteiger partial charge is 0.392 e. The number of carbonyl (C=O) groups excluding carboxylic acids is 1. The van der Waals surface area contributed by atoms with Gasteiger partial charge in [0.15, 0.2) is 0 Å². The summed E-state index contributed by atoms with van der Waals surface area (Å²) in [4.78, 5) is 12.1. The molecule has 19 heavy (non-hydrogen) atoms. The summed E-state index contributed by atoms with van der Waals surface area (Å²) >= 11 is 0. The average Bonchev–Trinajstić information content (AvgIpc) is 2.27. The Morgan fingerprint density at radius 1 is 1.26 bits per heavy atom. The highest BCUT2D eigenvalue weighted by Crippen LogP contribution is 2.41. The predicted molar refractivity (Wildman–Crippen MR) is 65.4 cm³/mol. The minimum Gasteiger partial charge on any atom is -0.391 e. The van der Waals surface area contributed by atoms with Gasteiger partial charge in [-0.05, 0) is 33.6 Å². The molecule has 3 unspecified atom stereocenters. The molecule has 3 nitrogen and oxygen atoms in total. The van der Waals surface area contributed by atoms with Crippen molar-refractivity contribution in [3.8, 4) is 0 Å². The fourth-order valence-electron chi connectivity index (χ4n) is 2.35. The van der Waals surface area contributed by atoms with Crippen LogP contribution in [0.3, 0.4) is 0 Å². The van der Waals surface area contributed by atoms with Crippen molar-refractivity contribution in [3.63, 3.8) is 0 Å². The molecule has 1 amide bonds. The summed E-state index contributed by atoms with van der Waals surface area (Å²) in [7, 11) is 0. The van der Waals surface area contributed by atoms with Crippen LogP contribution in [0, 0.1) is 11.8 Å². The van der Waals surface area contributed by atoms with Crippen LogP contribution in [0.1, 0.15) is 46.5 Å². The summed E-state index contributed by atoms with van der Waals surface area (Å²) < 4.78 is 38.7. The van der Waals surface area contributed by atoms with E-state index in [1.165, 1.54) is 6.92 Å². The van der Waals surface area contributed by atoms with Crippen LogP contribution in [0.4, 0.5) is 13.2 Å². The quantitative estimate of drug-likeness (QED) is 0.835. The third kappa shape index (κ3) is 4.09. The van der Waals surface area contributed by atoms with Gasteiger partial charge in [0.25, 0.3) is 0 Å². The molecular formula is C13H22F3NO2. The topological polar surface area (TPSA) is 49.3 Å². The zero-order valence-corrected chi connectivity index (χ0v) is 11.5. The van der Waals surface area contributed by atoms with Gasteiger partial charge in [-0.25, -0.2) is 0 Å². The van der Waals surface area contributed by atoms with Crippen LogP contribution in [0.15, 0.2) is 0 Å². The van der Waals surface area contributed by atoms with Gasteiger partial charge in [0, 0.05) is 5.92 Å². The number of nitrogens with one attached hydrogen (secondary N) is 1. The number of aliphatic hydroxyl groups excluding tert-OH is 1. The van der Waals surface area contributed by atoms with Gasteiger partial charge in [-0.15, -0.1) is 0 Å².